The molecule has 0 bridgehead atoms. The van der Waals surface area contributed by atoms with E-state index in [0.29, 0.717) is 24.3 Å². The molecule has 1 N–H and O–H groups in total. The van der Waals surface area contributed by atoms with Crippen molar-refractivity contribution >= 4 is 28.9 Å². The molecule has 0 radical (unpaired) electrons. The zero-order valence-corrected chi connectivity index (χ0v) is 21.5. The number of esters is 1. The summed E-state index contributed by atoms with van der Waals surface area (Å²) in [6.07, 6.45) is 1.15. The molecule has 1 amide bonds. The second-order valence-electron chi connectivity index (χ2n) is 9.65. The number of aromatic nitrogens is 3. The Morgan fingerprint density at radius 2 is 1.67 bits per heavy atom. The molecule has 0 spiro atoms. The topological polar surface area (TPSA) is 86.1 Å². The zero-order valence-electron chi connectivity index (χ0n) is 21.5. The first-order valence-electron chi connectivity index (χ1n) is 12.3. The van der Waals surface area contributed by atoms with Crippen molar-refractivity contribution in [3.05, 3.63) is 77.6 Å². The number of nitrogens with zero attached hydrogens (tertiary/aromatic N) is 3. The van der Waals surface area contributed by atoms with E-state index in [0.717, 1.165) is 40.1 Å². The Hall–Kier alpha value is -4.00. The fraction of sp³-hybridized carbons (Fsp3) is 0.310. The van der Waals surface area contributed by atoms with E-state index in [-0.39, 0.29) is 11.9 Å². The van der Waals surface area contributed by atoms with Gasteiger partial charge in [-0.3, -0.25) is 4.79 Å². The van der Waals surface area contributed by atoms with Gasteiger partial charge in [-0.2, -0.15) is 0 Å². The summed E-state index contributed by atoms with van der Waals surface area (Å²) in [5.41, 5.74) is 4.36. The van der Waals surface area contributed by atoms with Crippen LogP contribution in [0.5, 0.6) is 0 Å². The summed E-state index contributed by atoms with van der Waals surface area (Å²) in [7, 11) is 0. The number of nitrogens with one attached hydrogen (secondary N) is 1. The fourth-order valence-electron chi connectivity index (χ4n) is 4.00. The van der Waals surface area contributed by atoms with E-state index in [2.05, 4.69) is 33.9 Å². The van der Waals surface area contributed by atoms with Gasteiger partial charge in [0.05, 0.1) is 12.1 Å². The monoisotopic (exact) mass is 484 g/mol. The van der Waals surface area contributed by atoms with Crippen LogP contribution < -0.4 is 5.32 Å². The standard InChI is InChI=1S/C29H32N4O3/c1-6-25-30-23-16-17-24(31-26(34)7-2)32-27(23)33(25)18-19-12-14-20(15-13-19)21-10-8-9-11-22(21)28(35)36-29(3,4)5/h8-17H,6-7,18H2,1-5H3,(H,31,32,34). The molecule has 0 saturated carbocycles. The van der Waals surface area contributed by atoms with Gasteiger partial charge < -0.3 is 14.6 Å². The van der Waals surface area contributed by atoms with E-state index in [1.807, 2.05) is 64.1 Å². The number of rotatable bonds is 7. The van der Waals surface area contributed by atoms with Crippen molar-refractivity contribution in [2.45, 2.75) is 59.6 Å². The maximum atomic E-state index is 12.8. The van der Waals surface area contributed by atoms with Crippen LogP contribution >= 0.6 is 0 Å². The number of carbonyl (C=O) groups excluding carboxylic acids is 2. The number of anilines is 1. The van der Waals surface area contributed by atoms with Gasteiger partial charge in [-0.1, -0.05) is 56.3 Å². The van der Waals surface area contributed by atoms with Crippen LogP contribution in [0, 0.1) is 0 Å². The number of imidazole rings is 1. The second kappa shape index (κ2) is 10.3. The van der Waals surface area contributed by atoms with E-state index in [9.17, 15) is 9.59 Å². The molecule has 4 aromatic rings. The summed E-state index contributed by atoms with van der Waals surface area (Å²) in [6.45, 7) is 10.1. The Morgan fingerprint density at radius 1 is 0.944 bits per heavy atom. The van der Waals surface area contributed by atoms with E-state index in [1.165, 1.54) is 0 Å². The quantitative estimate of drug-likeness (QED) is 0.325. The van der Waals surface area contributed by atoms with Crippen molar-refractivity contribution in [3.63, 3.8) is 0 Å². The number of amides is 1. The lowest BCUT2D eigenvalue weighted by molar-refractivity contribution is -0.115. The minimum atomic E-state index is -0.564. The number of aryl methyl sites for hydroxylation is 1. The third kappa shape index (κ3) is 5.62. The highest BCUT2D eigenvalue weighted by molar-refractivity contribution is 5.97. The Kier molecular flexibility index (Phi) is 7.20. The Balaban J connectivity index is 1.63. The molecule has 2 heterocycles. The molecule has 186 valence electrons. The third-order valence-electron chi connectivity index (χ3n) is 5.73. The molecule has 0 saturated heterocycles. The largest absolute Gasteiger partial charge is 0.456 e. The lowest BCUT2D eigenvalue weighted by Gasteiger charge is -2.20. The van der Waals surface area contributed by atoms with Gasteiger partial charge in [0.15, 0.2) is 5.65 Å². The lowest BCUT2D eigenvalue weighted by Crippen LogP contribution is -2.24. The number of hydrogen-bond donors (Lipinski definition) is 1. The fourth-order valence-corrected chi connectivity index (χ4v) is 4.00. The van der Waals surface area contributed by atoms with Crippen molar-refractivity contribution in [1.82, 2.24) is 14.5 Å². The average Bonchev–Trinajstić information content (AvgIpc) is 3.20. The van der Waals surface area contributed by atoms with Gasteiger partial charge in [0.2, 0.25) is 5.91 Å². The molecule has 0 aliphatic rings. The number of pyridine rings is 1. The van der Waals surface area contributed by atoms with Crippen LogP contribution in [-0.4, -0.2) is 32.0 Å². The molecule has 0 aliphatic carbocycles. The highest BCUT2D eigenvalue weighted by Gasteiger charge is 2.21. The van der Waals surface area contributed by atoms with Gasteiger partial charge in [0.25, 0.3) is 0 Å². The van der Waals surface area contributed by atoms with Crippen molar-refractivity contribution < 1.29 is 14.3 Å². The van der Waals surface area contributed by atoms with Crippen LogP contribution in [0.4, 0.5) is 5.82 Å². The number of hydrogen-bond acceptors (Lipinski definition) is 5. The smallest absolute Gasteiger partial charge is 0.339 e. The molecule has 7 heteroatoms. The molecular formula is C29H32N4O3. The van der Waals surface area contributed by atoms with Gasteiger partial charge in [0, 0.05) is 12.8 Å². The van der Waals surface area contributed by atoms with Crippen LogP contribution in [0.1, 0.15) is 62.8 Å². The van der Waals surface area contributed by atoms with Crippen molar-refractivity contribution in [2.75, 3.05) is 5.32 Å². The summed E-state index contributed by atoms with van der Waals surface area (Å²) in [4.78, 5) is 34.0. The van der Waals surface area contributed by atoms with E-state index in [1.54, 1.807) is 12.1 Å². The predicted molar refractivity (Wildman–Crippen MR) is 142 cm³/mol. The number of benzene rings is 2. The van der Waals surface area contributed by atoms with E-state index >= 15 is 0 Å². The molecule has 7 nitrogen and oxygen atoms in total. The highest BCUT2D eigenvalue weighted by atomic mass is 16.6. The Bertz CT molecular complexity index is 1400. The number of carbonyl (C=O) groups is 2. The lowest BCUT2D eigenvalue weighted by atomic mass is 9.98. The molecule has 0 unspecified atom stereocenters. The third-order valence-corrected chi connectivity index (χ3v) is 5.73. The molecular weight excluding hydrogens is 452 g/mol. The summed E-state index contributed by atoms with van der Waals surface area (Å²) in [6, 6.07) is 19.3. The summed E-state index contributed by atoms with van der Waals surface area (Å²) in [5.74, 6) is 1.03. The molecule has 0 atom stereocenters. The van der Waals surface area contributed by atoms with Gasteiger partial charge in [-0.25, -0.2) is 14.8 Å². The van der Waals surface area contributed by atoms with Crippen LogP contribution in [-0.2, 0) is 22.5 Å². The Labute approximate surface area is 211 Å². The summed E-state index contributed by atoms with van der Waals surface area (Å²) < 4.78 is 7.69. The minimum absolute atomic E-state index is 0.0779. The first kappa shape index (κ1) is 25.1. The van der Waals surface area contributed by atoms with Crippen molar-refractivity contribution in [2.24, 2.45) is 0 Å². The van der Waals surface area contributed by atoms with Gasteiger partial charge in [-0.15, -0.1) is 0 Å². The first-order chi connectivity index (χ1) is 17.2. The predicted octanol–water partition coefficient (Wildman–Crippen LogP) is 6.01. The first-order valence-corrected chi connectivity index (χ1v) is 12.3. The summed E-state index contributed by atoms with van der Waals surface area (Å²) >= 11 is 0. The minimum Gasteiger partial charge on any atom is -0.456 e. The average molecular weight is 485 g/mol. The number of ether oxygens (including phenoxy) is 1. The normalized spacial score (nSPS) is 11.5. The molecule has 0 aliphatic heterocycles. The molecule has 2 aromatic heterocycles. The van der Waals surface area contributed by atoms with Crippen LogP contribution in [0.15, 0.2) is 60.7 Å². The van der Waals surface area contributed by atoms with Crippen LogP contribution in [0.3, 0.4) is 0 Å². The molecule has 36 heavy (non-hydrogen) atoms. The molecule has 0 fully saturated rings. The van der Waals surface area contributed by atoms with Crippen LogP contribution in [0.2, 0.25) is 0 Å². The zero-order chi connectivity index (χ0) is 25.9. The van der Waals surface area contributed by atoms with Crippen molar-refractivity contribution in [1.29, 1.82) is 0 Å². The SMILES string of the molecule is CCC(=O)Nc1ccc2nc(CC)n(Cc3ccc(-c4ccccc4C(=O)OC(C)(C)C)cc3)c2n1. The molecule has 4 rings (SSSR count). The van der Waals surface area contributed by atoms with Gasteiger partial charge in [-0.05, 0) is 55.7 Å². The van der Waals surface area contributed by atoms with E-state index < -0.39 is 5.60 Å². The van der Waals surface area contributed by atoms with E-state index in [4.69, 9.17) is 9.72 Å². The highest BCUT2D eigenvalue weighted by Crippen LogP contribution is 2.27. The maximum Gasteiger partial charge on any atom is 0.339 e. The van der Waals surface area contributed by atoms with Gasteiger partial charge >= 0.3 is 5.97 Å². The maximum absolute atomic E-state index is 12.8. The number of fused-ring (bicyclic) bond motifs is 1. The molecule has 2 aromatic carbocycles. The Morgan fingerprint density at radius 3 is 2.33 bits per heavy atom. The second-order valence-corrected chi connectivity index (χ2v) is 9.65. The summed E-state index contributed by atoms with van der Waals surface area (Å²) in [5, 5.41) is 2.83. The van der Waals surface area contributed by atoms with Crippen LogP contribution in [0.25, 0.3) is 22.3 Å². The van der Waals surface area contributed by atoms with Gasteiger partial charge in [0.1, 0.15) is 22.8 Å². The van der Waals surface area contributed by atoms with Crippen molar-refractivity contribution in [3.8, 4) is 11.1 Å².